The number of halogens is 3. The van der Waals surface area contributed by atoms with Crippen LogP contribution in [0, 0.1) is 11.7 Å². The van der Waals surface area contributed by atoms with Crippen molar-refractivity contribution in [1.29, 1.82) is 0 Å². The maximum atomic E-state index is 15.7. The number of nitrogens with one attached hydrogen (secondary N) is 2. The van der Waals surface area contributed by atoms with Gasteiger partial charge in [-0.3, -0.25) is 14.9 Å². The van der Waals surface area contributed by atoms with Gasteiger partial charge in [0, 0.05) is 48.7 Å². The number of hydrogen-bond acceptors (Lipinski definition) is 5. The van der Waals surface area contributed by atoms with E-state index < -0.39 is 17.9 Å². The zero-order valence-corrected chi connectivity index (χ0v) is 19.8. The van der Waals surface area contributed by atoms with Crippen molar-refractivity contribution in [3.8, 4) is 11.1 Å². The fraction of sp³-hybridized carbons (Fsp3) is 0.200. The van der Waals surface area contributed by atoms with E-state index in [0.29, 0.717) is 45.7 Å². The highest BCUT2D eigenvalue weighted by molar-refractivity contribution is 6.36. The first-order chi connectivity index (χ1) is 17.4. The van der Waals surface area contributed by atoms with Crippen molar-refractivity contribution < 1.29 is 13.6 Å². The highest BCUT2D eigenvalue weighted by atomic mass is 35.5. The van der Waals surface area contributed by atoms with Gasteiger partial charge in [0.15, 0.2) is 11.6 Å². The van der Waals surface area contributed by atoms with Gasteiger partial charge in [0.1, 0.15) is 17.5 Å². The Hall–Kier alpha value is -4.05. The van der Waals surface area contributed by atoms with Crippen LogP contribution in [0.1, 0.15) is 12.0 Å². The Labute approximate surface area is 208 Å². The second-order valence-corrected chi connectivity index (χ2v) is 9.26. The normalized spacial score (nSPS) is 17.0. The molecular formula is C25H20ClF2N7O. The Morgan fingerprint density at radius 3 is 2.89 bits per heavy atom. The Morgan fingerprint density at radius 1 is 1.31 bits per heavy atom. The average molecular weight is 508 g/mol. The molecule has 2 atom stereocenters. The summed E-state index contributed by atoms with van der Waals surface area (Å²) < 4.78 is 30.6. The number of hydrogen-bond donors (Lipinski definition) is 2. The molecule has 0 saturated heterocycles. The van der Waals surface area contributed by atoms with Crippen molar-refractivity contribution in [2.24, 2.45) is 5.92 Å². The minimum atomic E-state index is -1.09. The maximum Gasteiger partial charge on any atom is 0.231 e. The van der Waals surface area contributed by atoms with Gasteiger partial charge in [-0.15, -0.1) is 0 Å². The summed E-state index contributed by atoms with van der Waals surface area (Å²) in [7, 11) is 1.78. The predicted molar refractivity (Wildman–Crippen MR) is 133 cm³/mol. The molecule has 1 aliphatic rings. The average Bonchev–Trinajstić information content (AvgIpc) is 3.22. The molecule has 1 fully saturated rings. The lowest BCUT2D eigenvalue weighted by molar-refractivity contribution is -0.117. The molecule has 182 valence electrons. The summed E-state index contributed by atoms with van der Waals surface area (Å²) in [5, 5.41) is 10.3. The zero-order chi connectivity index (χ0) is 25.0. The number of nitrogens with zero attached hydrogens (tertiary/aromatic N) is 5. The lowest BCUT2D eigenvalue weighted by atomic mass is 10.0. The number of aromatic nitrogens is 5. The molecule has 2 N–H and O–H groups in total. The van der Waals surface area contributed by atoms with E-state index in [1.54, 1.807) is 59.5 Å². The van der Waals surface area contributed by atoms with E-state index in [4.69, 9.17) is 11.6 Å². The van der Waals surface area contributed by atoms with Gasteiger partial charge in [-0.2, -0.15) is 5.10 Å². The molecule has 0 radical (unpaired) electrons. The van der Waals surface area contributed by atoms with Gasteiger partial charge in [-0.05, 0) is 30.2 Å². The number of anilines is 2. The summed E-state index contributed by atoms with van der Waals surface area (Å²) in [5.74, 6) is -1.26. The summed E-state index contributed by atoms with van der Waals surface area (Å²) in [4.78, 5) is 22.3. The highest BCUT2D eigenvalue weighted by Crippen LogP contribution is 2.42. The Balaban J connectivity index is 1.38. The standard InChI is InChI=1S/C25H20ClF2N7O/c1-34(10-13-3-2-6-29-8-13)24-22(28)21(26)20(16-9-30-33-23(16)24)14-4-5-19-31-18(12-35(19)11-14)32-25(36)15-7-17(15)27/h2-6,8-9,11-12,15,17H,7,10H2,1H3,(H,30,33)(H,32,36)/t15-,17+/m1/s1. The van der Waals surface area contributed by atoms with E-state index in [0.717, 1.165) is 5.56 Å². The van der Waals surface area contributed by atoms with E-state index in [1.165, 1.54) is 0 Å². The first-order valence-corrected chi connectivity index (χ1v) is 11.7. The van der Waals surface area contributed by atoms with Gasteiger partial charge in [0.25, 0.3) is 0 Å². The fourth-order valence-electron chi connectivity index (χ4n) is 4.44. The second kappa shape index (κ2) is 8.56. The number of carbonyl (C=O) groups excluding carboxylic acids is 1. The zero-order valence-electron chi connectivity index (χ0n) is 19.0. The molecule has 1 saturated carbocycles. The number of aromatic amines is 1. The van der Waals surface area contributed by atoms with E-state index in [2.05, 4.69) is 25.5 Å². The van der Waals surface area contributed by atoms with Crippen LogP contribution in [0.2, 0.25) is 5.02 Å². The molecule has 0 bridgehead atoms. The predicted octanol–water partition coefficient (Wildman–Crippen LogP) is 5.00. The fourth-order valence-corrected chi connectivity index (χ4v) is 4.74. The molecule has 36 heavy (non-hydrogen) atoms. The van der Waals surface area contributed by atoms with Crippen LogP contribution in [0.25, 0.3) is 27.7 Å². The summed E-state index contributed by atoms with van der Waals surface area (Å²) >= 11 is 6.62. The van der Waals surface area contributed by atoms with Crippen molar-refractivity contribution in [2.45, 2.75) is 19.1 Å². The number of benzene rings is 1. The minimum absolute atomic E-state index is 0.0346. The second-order valence-electron chi connectivity index (χ2n) is 8.88. The number of carbonyl (C=O) groups is 1. The summed E-state index contributed by atoms with van der Waals surface area (Å²) in [6.07, 6.45) is 7.55. The van der Waals surface area contributed by atoms with Crippen LogP contribution >= 0.6 is 11.6 Å². The molecule has 6 rings (SSSR count). The number of imidazole rings is 1. The largest absolute Gasteiger partial charge is 0.366 e. The van der Waals surface area contributed by atoms with Crippen LogP contribution in [-0.2, 0) is 11.3 Å². The number of rotatable bonds is 6. The topological polar surface area (TPSA) is 91.2 Å². The third-order valence-electron chi connectivity index (χ3n) is 6.33. The lowest BCUT2D eigenvalue weighted by Gasteiger charge is -2.22. The molecule has 0 aliphatic heterocycles. The van der Waals surface area contributed by atoms with Gasteiger partial charge in [0.05, 0.1) is 28.9 Å². The maximum absolute atomic E-state index is 15.7. The number of fused-ring (bicyclic) bond motifs is 2. The molecule has 0 spiro atoms. The van der Waals surface area contributed by atoms with Crippen molar-refractivity contribution in [3.05, 3.63) is 71.7 Å². The number of pyridine rings is 2. The molecule has 5 aromatic rings. The number of amides is 1. The van der Waals surface area contributed by atoms with Gasteiger partial charge in [0.2, 0.25) is 5.91 Å². The van der Waals surface area contributed by atoms with Crippen LogP contribution in [-0.4, -0.2) is 43.7 Å². The molecular weight excluding hydrogens is 488 g/mol. The smallest absolute Gasteiger partial charge is 0.231 e. The molecule has 11 heteroatoms. The Morgan fingerprint density at radius 2 is 2.14 bits per heavy atom. The van der Waals surface area contributed by atoms with Crippen LogP contribution in [0.15, 0.2) is 55.2 Å². The van der Waals surface area contributed by atoms with Crippen LogP contribution in [0.4, 0.5) is 20.3 Å². The molecule has 0 unspecified atom stereocenters. The first kappa shape index (κ1) is 22.4. The first-order valence-electron chi connectivity index (χ1n) is 11.3. The third-order valence-corrected chi connectivity index (χ3v) is 6.69. The van der Waals surface area contributed by atoms with Crippen molar-refractivity contribution in [2.75, 3.05) is 17.3 Å². The monoisotopic (exact) mass is 507 g/mol. The molecule has 1 aromatic carbocycles. The SMILES string of the molecule is CN(Cc1cccnc1)c1c(F)c(Cl)c(-c2ccc3nc(NC(=O)[C@@H]4C[C@@H]4F)cn3c2)c2cn[nH]c12. The van der Waals surface area contributed by atoms with Crippen LogP contribution in [0.3, 0.4) is 0 Å². The number of H-pyrrole nitrogens is 1. The quantitative estimate of drug-likeness (QED) is 0.337. The molecule has 1 amide bonds. The molecule has 4 aromatic heterocycles. The number of alkyl halides is 1. The molecule has 1 aliphatic carbocycles. The van der Waals surface area contributed by atoms with E-state index in [-0.39, 0.29) is 17.4 Å². The lowest BCUT2D eigenvalue weighted by Crippen LogP contribution is -2.18. The van der Waals surface area contributed by atoms with Crippen molar-refractivity contribution in [1.82, 2.24) is 24.6 Å². The summed E-state index contributed by atoms with van der Waals surface area (Å²) in [6.45, 7) is 0.425. The van der Waals surface area contributed by atoms with Crippen molar-refractivity contribution >= 4 is 45.6 Å². The van der Waals surface area contributed by atoms with Crippen LogP contribution < -0.4 is 10.2 Å². The van der Waals surface area contributed by atoms with Gasteiger partial charge >= 0.3 is 0 Å². The van der Waals surface area contributed by atoms with E-state index in [1.807, 2.05) is 12.1 Å². The van der Waals surface area contributed by atoms with Crippen molar-refractivity contribution in [3.63, 3.8) is 0 Å². The highest BCUT2D eigenvalue weighted by Gasteiger charge is 2.43. The molecule has 4 heterocycles. The third kappa shape index (κ3) is 3.83. The minimum Gasteiger partial charge on any atom is -0.366 e. The van der Waals surface area contributed by atoms with Gasteiger partial charge in [-0.25, -0.2) is 13.8 Å². The van der Waals surface area contributed by atoms with E-state index in [9.17, 15) is 9.18 Å². The molecule has 8 nitrogen and oxygen atoms in total. The van der Waals surface area contributed by atoms with Crippen LogP contribution in [0.5, 0.6) is 0 Å². The van der Waals surface area contributed by atoms with Gasteiger partial charge < -0.3 is 14.6 Å². The Kier molecular flexibility index (Phi) is 5.33. The summed E-state index contributed by atoms with van der Waals surface area (Å²) in [6, 6.07) is 7.26. The summed E-state index contributed by atoms with van der Waals surface area (Å²) in [5.41, 5.74) is 3.43. The van der Waals surface area contributed by atoms with E-state index >= 15 is 4.39 Å². The Bertz CT molecular complexity index is 1620. The van der Waals surface area contributed by atoms with Gasteiger partial charge in [-0.1, -0.05) is 17.7 Å².